The summed E-state index contributed by atoms with van der Waals surface area (Å²) >= 11 is 0. The Morgan fingerprint density at radius 3 is 1.47 bits per heavy atom. The topological polar surface area (TPSA) is 52.6 Å². The smallest absolute Gasteiger partial charge is 0.343 e. The van der Waals surface area contributed by atoms with Crippen molar-refractivity contribution < 1.29 is 19.1 Å². The molecule has 0 radical (unpaired) electrons. The van der Waals surface area contributed by atoms with E-state index in [0.717, 1.165) is 21.5 Å². The molecule has 0 unspecified atom stereocenters. The van der Waals surface area contributed by atoms with Crippen LogP contribution in [0.3, 0.4) is 0 Å². The number of carbonyl (C=O) groups excluding carboxylic acids is 2. The number of fused-ring (bicyclic) bond motifs is 2. The van der Waals surface area contributed by atoms with Crippen molar-refractivity contribution in [3.05, 3.63) is 121 Å². The van der Waals surface area contributed by atoms with Crippen LogP contribution in [0.25, 0.3) is 21.5 Å². The minimum atomic E-state index is -0.481. The highest BCUT2D eigenvalue weighted by molar-refractivity contribution is 5.92. The molecule has 0 amide bonds. The molecule has 4 heteroatoms. The predicted octanol–water partition coefficient (Wildman–Crippen LogP) is 7.85. The molecule has 180 valence electrons. The molecule has 0 aliphatic heterocycles. The van der Waals surface area contributed by atoms with Gasteiger partial charge in [-0.15, -0.1) is 0 Å². The minimum absolute atomic E-state index is 0.215. The lowest BCUT2D eigenvalue weighted by Gasteiger charge is -2.16. The first-order valence-corrected chi connectivity index (χ1v) is 11.8. The molecule has 0 aliphatic carbocycles. The van der Waals surface area contributed by atoms with Gasteiger partial charge in [-0.1, -0.05) is 78.9 Å². The van der Waals surface area contributed by atoms with E-state index in [-0.39, 0.29) is 11.9 Å². The molecule has 5 aromatic carbocycles. The van der Waals surface area contributed by atoms with Gasteiger partial charge in [0, 0.05) is 0 Å². The van der Waals surface area contributed by atoms with E-state index in [4.69, 9.17) is 9.47 Å². The number of benzene rings is 5. The fourth-order valence-corrected chi connectivity index (χ4v) is 3.46. The lowest BCUT2D eigenvalue weighted by molar-refractivity contribution is -0.142. The third-order valence-corrected chi connectivity index (χ3v) is 5.48. The van der Waals surface area contributed by atoms with Crippen molar-refractivity contribution in [2.24, 2.45) is 5.41 Å². The molecule has 0 aliphatic rings. The van der Waals surface area contributed by atoms with Crippen molar-refractivity contribution in [3.63, 3.8) is 0 Å². The number of hydrogen-bond acceptors (Lipinski definition) is 4. The quantitative estimate of drug-likeness (QED) is 0.196. The zero-order valence-electron chi connectivity index (χ0n) is 20.6. The molecule has 0 heterocycles. The number of hydrogen-bond donors (Lipinski definition) is 0. The Balaban J connectivity index is 0.000000170. The van der Waals surface area contributed by atoms with E-state index in [1.807, 2.05) is 124 Å². The van der Waals surface area contributed by atoms with Crippen LogP contribution >= 0.6 is 0 Å². The van der Waals surface area contributed by atoms with Gasteiger partial charge in [-0.2, -0.15) is 0 Å². The maximum absolute atomic E-state index is 11.9. The molecule has 0 saturated heterocycles. The third-order valence-electron chi connectivity index (χ3n) is 5.48. The number of rotatable bonds is 3. The van der Waals surface area contributed by atoms with Gasteiger partial charge in [-0.25, -0.2) is 4.79 Å². The Morgan fingerprint density at radius 2 is 0.972 bits per heavy atom. The molecule has 0 aromatic heterocycles. The Bertz CT molecular complexity index is 1500. The SMILES string of the molecule is CC(C)(C)C(=O)Oc1ccc2ccccc2c1.O=C(Oc1ccc2ccccc2c1)c1ccccc1. The molecule has 36 heavy (non-hydrogen) atoms. The van der Waals surface area contributed by atoms with E-state index in [1.165, 1.54) is 0 Å². The first-order chi connectivity index (χ1) is 17.3. The van der Waals surface area contributed by atoms with Crippen LogP contribution in [0.4, 0.5) is 0 Å². The van der Waals surface area contributed by atoms with Crippen LogP contribution in [0.2, 0.25) is 0 Å². The number of carbonyl (C=O) groups is 2. The zero-order chi connectivity index (χ0) is 25.5. The highest BCUT2D eigenvalue weighted by Gasteiger charge is 2.23. The molecule has 0 saturated carbocycles. The van der Waals surface area contributed by atoms with Gasteiger partial charge in [0.1, 0.15) is 11.5 Å². The third kappa shape index (κ3) is 6.36. The van der Waals surface area contributed by atoms with Gasteiger partial charge in [-0.05, 0) is 78.7 Å². The summed E-state index contributed by atoms with van der Waals surface area (Å²) in [5.41, 5.74) is 0.0710. The summed E-state index contributed by atoms with van der Waals surface area (Å²) in [7, 11) is 0. The van der Waals surface area contributed by atoms with Crippen LogP contribution in [0.15, 0.2) is 115 Å². The van der Waals surface area contributed by atoms with Crippen LogP contribution in [0.5, 0.6) is 11.5 Å². The second kappa shape index (κ2) is 10.9. The maximum atomic E-state index is 11.9. The summed E-state index contributed by atoms with van der Waals surface area (Å²) in [5, 5.41) is 4.40. The molecular weight excluding hydrogens is 448 g/mol. The van der Waals surface area contributed by atoms with Crippen molar-refractivity contribution in [2.75, 3.05) is 0 Å². The van der Waals surface area contributed by atoms with E-state index >= 15 is 0 Å². The lowest BCUT2D eigenvalue weighted by atomic mass is 9.97. The molecule has 5 rings (SSSR count). The van der Waals surface area contributed by atoms with E-state index < -0.39 is 5.41 Å². The van der Waals surface area contributed by atoms with Crippen LogP contribution in [0.1, 0.15) is 31.1 Å². The van der Waals surface area contributed by atoms with Gasteiger partial charge < -0.3 is 9.47 Å². The fraction of sp³-hybridized carbons (Fsp3) is 0.125. The van der Waals surface area contributed by atoms with Gasteiger partial charge >= 0.3 is 11.9 Å². The van der Waals surface area contributed by atoms with Gasteiger partial charge in [0.2, 0.25) is 0 Å². The van der Waals surface area contributed by atoms with Crippen molar-refractivity contribution in [3.8, 4) is 11.5 Å². The predicted molar refractivity (Wildman–Crippen MR) is 144 cm³/mol. The van der Waals surface area contributed by atoms with Crippen molar-refractivity contribution in [2.45, 2.75) is 20.8 Å². The summed E-state index contributed by atoms with van der Waals surface area (Å²) in [5.74, 6) is 0.611. The minimum Gasteiger partial charge on any atom is -0.426 e. The monoisotopic (exact) mass is 476 g/mol. The number of ether oxygens (including phenoxy) is 2. The summed E-state index contributed by atoms with van der Waals surface area (Å²) in [6.07, 6.45) is 0. The molecular formula is C32H28O4. The van der Waals surface area contributed by atoms with E-state index in [0.29, 0.717) is 17.1 Å². The first-order valence-electron chi connectivity index (χ1n) is 11.8. The normalized spacial score (nSPS) is 10.9. The first kappa shape index (κ1) is 24.7. The second-order valence-corrected chi connectivity index (χ2v) is 9.41. The van der Waals surface area contributed by atoms with Gasteiger partial charge in [0.05, 0.1) is 11.0 Å². The summed E-state index contributed by atoms with van der Waals surface area (Å²) in [6, 6.07) is 36.2. The van der Waals surface area contributed by atoms with E-state index in [2.05, 4.69) is 0 Å². The van der Waals surface area contributed by atoms with Crippen molar-refractivity contribution in [1.29, 1.82) is 0 Å². The Morgan fingerprint density at radius 1 is 0.528 bits per heavy atom. The maximum Gasteiger partial charge on any atom is 0.343 e. The summed E-state index contributed by atoms with van der Waals surface area (Å²) < 4.78 is 10.7. The Kier molecular flexibility index (Phi) is 7.45. The molecule has 0 spiro atoms. The van der Waals surface area contributed by atoms with Gasteiger partial charge in [0.25, 0.3) is 0 Å². The van der Waals surface area contributed by atoms with Gasteiger partial charge in [-0.3, -0.25) is 4.79 Å². The Labute approximate surface area is 211 Å². The summed E-state index contributed by atoms with van der Waals surface area (Å²) in [6.45, 7) is 5.53. The van der Waals surface area contributed by atoms with E-state index in [9.17, 15) is 9.59 Å². The molecule has 4 nitrogen and oxygen atoms in total. The standard InChI is InChI=1S/C17H12O2.C15H16O2/c18-17(14-7-2-1-3-8-14)19-16-11-10-13-6-4-5-9-15(13)12-16;1-15(2,3)14(16)17-13-9-8-11-6-4-5-7-12(11)10-13/h1-12H;4-10H,1-3H3. The molecule has 5 aromatic rings. The van der Waals surface area contributed by atoms with Crippen LogP contribution in [-0.2, 0) is 4.79 Å². The average Bonchev–Trinajstić information content (AvgIpc) is 2.89. The van der Waals surface area contributed by atoms with E-state index in [1.54, 1.807) is 12.1 Å². The zero-order valence-corrected chi connectivity index (χ0v) is 20.6. The highest BCUT2D eigenvalue weighted by atomic mass is 16.5. The molecule has 0 N–H and O–H groups in total. The molecule has 0 bridgehead atoms. The highest BCUT2D eigenvalue weighted by Crippen LogP contribution is 2.24. The van der Waals surface area contributed by atoms with Crippen molar-refractivity contribution >= 4 is 33.5 Å². The molecule has 0 fully saturated rings. The number of esters is 2. The average molecular weight is 477 g/mol. The summed E-state index contributed by atoms with van der Waals surface area (Å²) in [4.78, 5) is 23.7. The Hall–Kier alpha value is -4.44. The molecule has 0 atom stereocenters. The van der Waals surface area contributed by atoms with Gasteiger partial charge in [0.15, 0.2) is 0 Å². The largest absolute Gasteiger partial charge is 0.426 e. The second-order valence-electron chi connectivity index (χ2n) is 9.41. The lowest BCUT2D eigenvalue weighted by Crippen LogP contribution is -2.25. The van der Waals surface area contributed by atoms with Crippen LogP contribution in [0, 0.1) is 5.41 Å². The van der Waals surface area contributed by atoms with Crippen molar-refractivity contribution in [1.82, 2.24) is 0 Å². The van der Waals surface area contributed by atoms with Crippen LogP contribution in [-0.4, -0.2) is 11.9 Å². The van der Waals surface area contributed by atoms with Crippen LogP contribution < -0.4 is 9.47 Å². The fourth-order valence-electron chi connectivity index (χ4n) is 3.46.